The molecule has 32 heavy (non-hydrogen) atoms. The van der Waals surface area contributed by atoms with Crippen LogP contribution in [0, 0.1) is 5.92 Å². The molecule has 3 aliphatic rings. The summed E-state index contributed by atoms with van der Waals surface area (Å²) in [6.45, 7) is 14.8. The van der Waals surface area contributed by atoms with Gasteiger partial charge in [-0.2, -0.15) is 0 Å². The number of hydrogen-bond acceptors (Lipinski definition) is 5. The summed E-state index contributed by atoms with van der Waals surface area (Å²) >= 11 is 0. The van der Waals surface area contributed by atoms with E-state index in [0.717, 1.165) is 90.6 Å². The van der Waals surface area contributed by atoms with Crippen LogP contribution >= 0.6 is 0 Å². The van der Waals surface area contributed by atoms with Crippen molar-refractivity contribution in [2.45, 2.75) is 51.7 Å². The lowest BCUT2D eigenvalue weighted by molar-refractivity contribution is -0.133. The van der Waals surface area contributed by atoms with Crippen LogP contribution in [0.4, 0.5) is 5.69 Å². The average Bonchev–Trinajstić information content (AvgIpc) is 2.80. The molecule has 0 saturated carbocycles. The van der Waals surface area contributed by atoms with Crippen molar-refractivity contribution in [3.05, 3.63) is 30.3 Å². The average molecular weight is 443 g/mol. The van der Waals surface area contributed by atoms with Crippen molar-refractivity contribution in [3.8, 4) is 0 Å². The van der Waals surface area contributed by atoms with Gasteiger partial charge in [0.25, 0.3) is 0 Å². The molecule has 2 atom stereocenters. The zero-order valence-electron chi connectivity index (χ0n) is 20.1. The van der Waals surface area contributed by atoms with Gasteiger partial charge in [0.15, 0.2) is 0 Å². The van der Waals surface area contributed by atoms with Crippen LogP contribution in [0.25, 0.3) is 0 Å². The number of benzene rings is 1. The number of piperidine rings is 1. The van der Waals surface area contributed by atoms with Gasteiger partial charge in [0.05, 0.1) is 12.2 Å². The number of piperazine rings is 1. The molecule has 6 heteroatoms. The first-order valence-corrected chi connectivity index (χ1v) is 12.7. The van der Waals surface area contributed by atoms with E-state index >= 15 is 0 Å². The quantitative estimate of drug-likeness (QED) is 0.649. The van der Waals surface area contributed by atoms with Crippen molar-refractivity contribution >= 4 is 11.6 Å². The molecule has 4 rings (SSSR count). The molecule has 3 aliphatic heterocycles. The summed E-state index contributed by atoms with van der Waals surface area (Å²) in [5.41, 5.74) is 1.32. The summed E-state index contributed by atoms with van der Waals surface area (Å²) in [5, 5.41) is 0. The largest absolute Gasteiger partial charge is 0.373 e. The maximum Gasteiger partial charge on any atom is 0.222 e. The van der Waals surface area contributed by atoms with Gasteiger partial charge in [0.1, 0.15) is 0 Å². The second kappa shape index (κ2) is 11.5. The Morgan fingerprint density at radius 2 is 1.56 bits per heavy atom. The predicted octanol–water partition coefficient (Wildman–Crippen LogP) is 2.94. The van der Waals surface area contributed by atoms with Crippen molar-refractivity contribution in [1.82, 2.24) is 14.7 Å². The zero-order valence-corrected chi connectivity index (χ0v) is 20.1. The molecule has 0 aromatic heterocycles. The molecule has 1 amide bonds. The number of nitrogens with zero attached hydrogens (tertiary/aromatic N) is 4. The van der Waals surface area contributed by atoms with E-state index in [9.17, 15) is 4.79 Å². The van der Waals surface area contributed by atoms with Crippen molar-refractivity contribution in [2.75, 3.05) is 70.3 Å². The van der Waals surface area contributed by atoms with E-state index in [1.54, 1.807) is 0 Å². The smallest absolute Gasteiger partial charge is 0.222 e. The molecule has 3 saturated heterocycles. The highest BCUT2D eigenvalue weighted by Crippen LogP contribution is 2.22. The van der Waals surface area contributed by atoms with E-state index in [1.807, 2.05) is 0 Å². The minimum absolute atomic E-state index is 0.335. The summed E-state index contributed by atoms with van der Waals surface area (Å²) in [6, 6.07) is 10.7. The molecular weight excluding hydrogens is 400 g/mol. The number of carbonyl (C=O) groups excluding carboxylic acids is 1. The monoisotopic (exact) mass is 442 g/mol. The fourth-order valence-electron chi connectivity index (χ4n) is 5.64. The van der Waals surface area contributed by atoms with E-state index < -0.39 is 0 Å². The number of likely N-dealkylation sites (tertiary alicyclic amines) is 1. The lowest BCUT2D eigenvalue weighted by Crippen LogP contribution is -2.48. The van der Waals surface area contributed by atoms with E-state index in [2.05, 4.69) is 63.8 Å². The standard InChI is InChI=1S/C26H42N4O2/c1-22-19-28(20-23(2)32-22)21-24-10-13-30(14-11-24)26(31)9-6-12-27-15-17-29(18-16-27)25-7-4-3-5-8-25/h3-5,7-8,22-24H,6,9-21H2,1-2H3. The van der Waals surface area contributed by atoms with Gasteiger partial charge in [-0.25, -0.2) is 0 Å². The SMILES string of the molecule is CC1CN(CC2CCN(C(=O)CCCN3CCN(c4ccccc4)CC3)CC2)CC(C)O1. The summed E-state index contributed by atoms with van der Waals surface area (Å²) in [7, 11) is 0. The molecule has 0 N–H and O–H groups in total. The highest BCUT2D eigenvalue weighted by atomic mass is 16.5. The highest BCUT2D eigenvalue weighted by molar-refractivity contribution is 5.76. The van der Waals surface area contributed by atoms with Crippen LogP contribution < -0.4 is 4.90 Å². The van der Waals surface area contributed by atoms with E-state index in [-0.39, 0.29) is 0 Å². The van der Waals surface area contributed by atoms with Gasteiger partial charge in [-0.15, -0.1) is 0 Å². The third-order valence-corrected chi connectivity index (χ3v) is 7.34. The van der Waals surface area contributed by atoms with Gasteiger partial charge in [-0.05, 0) is 57.7 Å². The molecule has 1 aromatic rings. The Bertz CT molecular complexity index is 689. The molecule has 178 valence electrons. The van der Waals surface area contributed by atoms with Crippen LogP contribution in [0.5, 0.6) is 0 Å². The number of ether oxygens (including phenoxy) is 1. The van der Waals surface area contributed by atoms with Crippen LogP contribution in [-0.2, 0) is 9.53 Å². The molecule has 0 bridgehead atoms. The third-order valence-electron chi connectivity index (χ3n) is 7.34. The lowest BCUT2D eigenvalue weighted by atomic mass is 9.95. The minimum atomic E-state index is 0.335. The maximum atomic E-state index is 12.7. The number of para-hydroxylation sites is 1. The maximum absolute atomic E-state index is 12.7. The van der Waals surface area contributed by atoms with Crippen LogP contribution in [-0.4, -0.2) is 98.3 Å². The zero-order chi connectivity index (χ0) is 22.3. The number of anilines is 1. The van der Waals surface area contributed by atoms with Gasteiger partial charge in [-0.3, -0.25) is 14.6 Å². The first kappa shape index (κ1) is 23.5. The Labute approximate surface area is 194 Å². The van der Waals surface area contributed by atoms with Crippen LogP contribution in [0.1, 0.15) is 39.5 Å². The first-order valence-electron chi connectivity index (χ1n) is 12.7. The molecule has 2 unspecified atom stereocenters. The molecule has 0 spiro atoms. The van der Waals surface area contributed by atoms with E-state index in [0.29, 0.717) is 24.5 Å². The fourth-order valence-corrected chi connectivity index (χ4v) is 5.64. The number of amides is 1. The van der Waals surface area contributed by atoms with Gasteiger partial charge in [0, 0.05) is 71.0 Å². The Morgan fingerprint density at radius 3 is 2.22 bits per heavy atom. The summed E-state index contributed by atoms with van der Waals surface area (Å²) < 4.78 is 5.86. The lowest BCUT2D eigenvalue weighted by Gasteiger charge is -2.39. The second-order valence-electron chi connectivity index (χ2n) is 10.1. The van der Waals surface area contributed by atoms with Crippen LogP contribution in [0.3, 0.4) is 0 Å². The normalized spacial score (nSPS) is 26.4. The molecule has 3 fully saturated rings. The number of morpholine rings is 1. The van der Waals surface area contributed by atoms with Gasteiger partial charge >= 0.3 is 0 Å². The van der Waals surface area contributed by atoms with Crippen molar-refractivity contribution in [3.63, 3.8) is 0 Å². The van der Waals surface area contributed by atoms with E-state index in [4.69, 9.17) is 4.74 Å². The Morgan fingerprint density at radius 1 is 0.906 bits per heavy atom. The van der Waals surface area contributed by atoms with E-state index in [1.165, 1.54) is 5.69 Å². The van der Waals surface area contributed by atoms with Crippen molar-refractivity contribution in [1.29, 1.82) is 0 Å². The number of carbonyl (C=O) groups is 1. The molecule has 1 aromatic carbocycles. The molecule has 0 aliphatic carbocycles. The van der Waals surface area contributed by atoms with Gasteiger partial charge in [0.2, 0.25) is 5.91 Å². The highest BCUT2D eigenvalue weighted by Gasteiger charge is 2.28. The Kier molecular flexibility index (Phi) is 8.44. The number of hydrogen-bond donors (Lipinski definition) is 0. The van der Waals surface area contributed by atoms with Gasteiger partial charge < -0.3 is 14.5 Å². The summed E-state index contributed by atoms with van der Waals surface area (Å²) in [5.74, 6) is 1.08. The van der Waals surface area contributed by atoms with Crippen molar-refractivity contribution in [2.24, 2.45) is 5.92 Å². The van der Waals surface area contributed by atoms with Gasteiger partial charge in [-0.1, -0.05) is 18.2 Å². The molecule has 0 radical (unpaired) electrons. The third kappa shape index (κ3) is 6.69. The molecule has 6 nitrogen and oxygen atoms in total. The topological polar surface area (TPSA) is 39.3 Å². The fraction of sp³-hybridized carbons (Fsp3) is 0.731. The van der Waals surface area contributed by atoms with Crippen LogP contribution in [0.15, 0.2) is 30.3 Å². The second-order valence-corrected chi connectivity index (χ2v) is 10.1. The molecular formula is C26H42N4O2. The molecule has 3 heterocycles. The summed E-state index contributed by atoms with van der Waals surface area (Å²) in [4.78, 5) is 22.4. The van der Waals surface area contributed by atoms with Crippen LogP contribution in [0.2, 0.25) is 0 Å². The Balaban J connectivity index is 1.09. The predicted molar refractivity (Wildman–Crippen MR) is 130 cm³/mol. The number of rotatable bonds is 7. The first-order chi connectivity index (χ1) is 15.6. The summed E-state index contributed by atoms with van der Waals surface area (Å²) in [6.07, 6.45) is 4.64. The minimum Gasteiger partial charge on any atom is -0.373 e. The van der Waals surface area contributed by atoms with Crippen molar-refractivity contribution < 1.29 is 9.53 Å². The Hall–Kier alpha value is -1.63.